The van der Waals surface area contributed by atoms with Crippen molar-refractivity contribution >= 4 is 17.1 Å². The van der Waals surface area contributed by atoms with Crippen LogP contribution in [0.3, 0.4) is 0 Å². The second-order valence-corrected chi connectivity index (χ2v) is 4.30. The van der Waals surface area contributed by atoms with Gasteiger partial charge in [0, 0.05) is 11.8 Å². The fourth-order valence-corrected chi connectivity index (χ4v) is 2.03. The summed E-state index contributed by atoms with van der Waals surface area (Å²) in [5.74, 6) is -1.08. The summed E-state index contributed by atoms with van der Waals surface area (Å²) in [5.41, 5.74) is 1.26. The molecule has 0 saturated heterocycles. The highest BCUT2D eigenvalue weighted by Gasteiger charge is 2.15. The van der Waals surface area contributed by atoms with Gasteiger partial charge in [-0.1, -0.05) is 0 Å². The number of rotatable bonds is 3. The number of imidazole rings is 1. The lowest BCUT2D eigenvalue weighted by Crippen LogP contribution is -1.97. The highest BCUT2D eigenvalue weighted by Crippen LogP contribution is 2.26. The summed E-state index contributed by atoms with van der Waals surface area (Å²) in [5, 5.41) is 9.14. The Morgan fingerprint density at radius 1 is 1.38 bits per heavy atom. The third-order valence-electron chi connectivity index (χ3n) is 3.05. The number of nitrogens with zero attached hydrogens (tertiary/aromatic N) is 2. The number of methoxy groups -OCH3 is 1. The van der Waals surface area contributed by atoms with E-state index in [1.165, 1.54) is 37.6 Å². The Labute approximate surface area is 118 Å². The zero-order valence-electron chi connectivity index (χ0n) is 10.9. The standard InChI is InChI=1S/C14H10FN3O3/c1-21-10-6-7(2-3-9(10)15)12-17-11-8(14(19)20)4-5-16-13(11)18-12/h2-6H,1H3,(H,19,20)(H,16,17,18). The number of fused-ring (bicyclic) bond motifs is 1. The number of nitrogens with one attached hydrogen (secondary N) is 1. The van der Waals surface area contributed by atoms with Gasteiger partial charge < -0.3 is 14.8 Å². The van der Waals surface area contributed by atoms with E-state index in [4.69, 9.17) is 9.84 Å². The molecule has 6 nitrogen and oxygen atoms in total. The largest absolute Gasteiger partial charge is 0.494 e. The van der Waals surface area contributed by atoms with Crippen LogP contribution in [0, 0.1) is 5.82 Å². The zero-order valence-corrected chi connectivity index (χ0v) is 10.9. The van der Waals surface area contributed by atoms with E-state index in [9.17, 15) is 9.18 Å². The van der Waals surface area contributed by atoms with E-state index in [1.807, 2.05) is 0 Å². The number of halogens is 1. The van der Waals surface area contributed by atoms with Gasteiger partial charge in [0.15, 0.2) is 17.2 Å². The molecule has 106 valence electrons. The Kier molecular flexibility index (Phi) is 3.02. The molecule has 0 aliphatic heterocycles. The number of H-pyrrole nitrogens is 1. The van der Waals surface area contributed by atoms with Crippen molar-refractivity contribution in [1.82, 2.24) is 15.0 Å². The van der Waals surface area contributed by atoms with Gasteiger partial charge in [0.05, 0.1) is 18.2 Å². The van der Waals surface area contributed by atoms with Gasteiger partial charge in [0.25, 0.3) is 0 Å². The monoisotopic (exact) mass is 287 g/mol. The molecule has 0 radical (unpaired) electrons. The molecule has 0 saturated carbocycles. The van der Waals surface area contributed by atoms with Crippen LogP contribution in [0.2, 0.25) is 0 Å². The maximum Gasteiger partial charge on any atom is 0.338 e. The maximum absolute atomic E-state index is 13.4. The van der Waals surface area contributed by atoms with Crippen molar-refractivity contribution in [3.8, 4) is 17.1 Å². The number of hydrogen-bond donors (Lipinski definition) is 2. The number of carboxylic acid groups (broad SMARTS) is 1. The van der Waals surface area contributed by atoms with Crippen LogP contribution in [0.15, 0.2) is 30.5 Å². The number of hydrogen-bond acceptors (Lipinski definition) is 4. The van der Waals surface area contributed by atoms with Gasteiger partial charge in [-0.15, -0.1) is 0 Å². The maximum atomic E-state index is 13.4. The number of carbonyl (C=O) groups is 1. The molecule has 0 atom stereocenters. The molecule has 0 fully saturated rings. The molecular formula is C14H10FN3O3. The van der Waals surface area contributed by atoms with E-state index in [1.54, 1.807) is 0 Å². The van der Waals surface area contributed by atoms with Gasteiger partial charge in [0.2, 0.25) is 0 Å². The van der Waals surface area contributed by atoms with Gasteiger partial charge in [-0.25, -0.2) is 19.2 Å². The minimum Gasteiger partial charge on any atom is -0.494 e. The highest BCUT2D eigenvalue weighted by molar-refractivity contribution is 6.00. The summed E-state index contributed by atoms with van der Waals surface area (Å²) in [7, 11) is 1.37. The Balaban J connectivity index is 2.17. The Morgan fingerprint density at radius 3 is 2.90 bits per heavy atom. The number of aromatic amines is 1. The van der Waals surface area contributed by atoms with Crippen molar-refractivity contribution in [1.29, 1.82) is 0 Å². The highest BCUT2D eigenvalue weighted by atomic mass is 19.1. The van der Waals surface area contributed by atoms with Gasteiger partial charge in [-0.3, -0.25) is 0 Å². The molecule has 21 heavy (non-hydrogen) atoms. The average Bonchev–Trinajstić information content (AvgIpc) is 2.91. The average molecular weight is 287 g/mol. The van der Waals surface area contributed by atoms with Crippen LogP contribution in [-0.4, -0.2) is 33.1 Å². The van der Waals surface area contributed by atoms with Crippen LogP contribution < -0.4 is 4.74 Å². The summed E-state index contributed by atoms with van der Waals surface area (Å²) >= 11 is 0. The normalized spacial score (nSPS) is 10.8. The lowest BCUT2D eigenvalue weighted by molar-refractivity contribution is 0.0698. The number of aromatic nitrogens is 3. The molecule has 0 amide bonds. The van der Waals surface area contributed by atoms with Crippen LogP contribution in [0.5, 0.6) is 5.75 Å². The van der Waals surface area contributed by atoms with Crippen LogP contribution in [0.4, 0.5) is 4.39 Å². The van der Waals surface area contributed by atoms with E-state index < -0.39 is 11.8 Å². The van der Waals surface area contributed by atoms with Crippen LogP contribution >= 0.6 is 0 Å². The van der Waals surface area contributed by atoms with E-state index in [2.05, 4.69) is 15.0 Å². The third kappa shape index (κ3) is 2.18. The SMILES string of the molecule is COc1cc(-c2nc3nccc(C(=O)O)c3[nH]2)ccc1F. The number of pyridine rings is 1. The first-order valence-corrected chi connectivity index (χ1v) is 6.02. The Hall–Kier alpha value is -2.96. The summed E-state index contributed by atoms with van der Waals surface area (Å²) in [6.07, 6.45) is 1.38. The minimum atomic E-state index is -1.07. The molecule has 0 aliphatic rings. The fourth-order valence-electron chi connectivity index (χ4n) is 2.03. The van der Waals surface area contributed by atoms with Crippen LogP contribution in [-0.2, 0) is 0 Å². The van der Waals surface area contributed by atoms with Crippen molar-refractivity contribution in [2.24, 2.45) is 0 Å². The lowest BCUT2D eigenvalue weighted by atomic mass is 10.2. The first kappa shape index (κ1) is 13.0. The van der Waals surface area contributed by atoms with Crippen molar-refractivity contribution in [2.45, 2.75) is 0 Å². The zero-order chi connectivity index (χ0) is 15.0. The predicted octanol–water partition coefficient (Wildman–Crippen LogP) is 2.47. The number of aromatic carboxylic acids is 1. The summed E-state index contributed by atoms with van der Waals surface area (Å²) in [6.45, 7) is 0. The van der Waals surface area contributed by atoms with Gasteiger partial charge in [-0.05, 0) is 24.3 Å². The molecule has 0 bridgehead atoms. The van der Waals surface area contributed by atoms with Crippen molar-refractivity contribution < 1.29 is 19.0 Å². The third-order valence-corrected chi connectivity index (χ3v) is 3.05. The van der Waals surface area contributed by atoms with Crippen molar-refractivity contribution in [2.75, 3.05) is 7.11 Å². The van der Waals surface area contributed by atoms with Gasteiger partial charge in [-0.2, -0.15) is 0 Å². The molecule has 3 aromatic rings. The summed E-state index contributed by atoms with van der Waals surface area (Å²) in [4.78, 5) is 22.3. The second-order valence-electron chi connectivity index (χ2n) is 4.30. The molecule has 0 aliphatic carbocycles. The molecule has 2 heterocycles. The molecule has 1 aromatic carbocycles. The summed E-state index contributed by atoms with van der Waals surface area (Å²) in [6, 6.07) is 5.65. The molecule has 2 N–H and O–H groups in total. The topological polar surface area (TPSA) is 88.1 Å². The van der Waals surface area contributed by atoms with Gasteiger partial charge in [0.1, 0.15) is 5.82 Å². The molecule has 7 heteroatoms. The van der Waals surface area contributed by atoms with E-state index in [0.717, 1.165) is 0 Å². The predicted molar refractivity (Wildman–Crippen MR) is 72.8 cm³/mol. The number of ether oxygens (including phenoxy) is 1. The number of benzene rings is 1. The molecular weight excluding hydrogens is 277 g/mol. The van der Waals surface area contributed by atoms with E-state index >= 15 is 0 Å². The van der Waals surface area contributed by atoms with Crippen molar-refractivity contribution in [3.05, 3.63) is 41.8 Å². The first-order chi connectivity index (χ1) is 10.1. The second kappa shape index (κ2) is 4.86. The number of carboxylic acids is 1. The van der Waals surface area contributed by atoms with E-state index in [0.29, 0.717) is 16.9 Å². The Morgan fingerprint density at radius 2 is 2.19 bits per heavy atom. The van der Waals surface area contributed by atoms with Crippen molar-refractivity contribution in [3.63, 3.8) is 0 Å². The van der Waals surface area contributed by atoms with Gasteiger partial charge >= 0.3 is 5.97 Å². The van der Waals surface area contributed by atoms with Crippen LogP contribution in [0.1, 0.15) is 10.4 Å². The lowest BCUT2D eigenvalue weighted by Gasteiger charge is -2.03. The Bertz CT molecular complexity index is 845. The minimum absolute atomic E-state index is 0.0767. The van der Waals surface area contributed by atoms with Crippen LogP contribution in [0.25, 0.3) is 22.6 Å². The summed E-state index contributed by atoms with van der Waals surface area (Å²) < 4.78 is 18.3. The molecule has 2 aromatic heterocycles. The quantitative estimate of drug-likeness (QED) is 0.772. The smallest absolute Gasteiger partial charge is 0.338 e. The first-order valence-electron chi connectivity index (χ1n) is 6.02. The fraction of sp³-hybridized carbons (Fsp3) is 0.0714. The van der Waals surface area contributed by atoms with E-state index in [-0.39, 0.29) is 17.0 Å². The molecule has 0 spiro atoms. The molecule has 0 unspecified atom stereocenters. The molecule has 3 rings (SSSR count).